The second-order valence-electron chi connectivity index (χ2n) is 10.2. The van der Waals surface area contributed by atoms with Crippen LogP contribution in [0.15, 0.2) is 53.0 Å². The normalized spacial score (nSPS) is 13.9. The molecule has 4 aromatic rings. The number of ether oxygens (including phenoxy) is 2. The van der Waals surface area contributed by atoms with E-state index < -0.39 is 46.8 Å². The summed E-state index contributed by atoms with van der Waals surface area (Å²) >= 11 is 0.918. The Morgan fingerprint density at radius 3 is 2.48 bits per heavy atom. The minimum Gasteiger partial charge on any atom is -0.491 e. The number of hydrogen-bond donors (Lipinski definition) is 4. The summed E-state index contributed by atoms with van der Waals surface area (Å²) in [5, 5.41) is 35.0. The number of carbonyl (C=O) groups excluding carboxylic acids is 1. The van der Waals surface area contributed by atoms with Crippen LogP contribution in [-0.4, -0.2) is 75.9 Å². The molecular weight excluding hydrogens is 619 g/mol. The summed E-state index contributed by atoms with van der Waals surface area (Å²) in [5.41, 5.74) is 1.46. The summed E-state index contributed by atoms with van der Waals surface area (Å²) < 4.78 is 48.3. The molecule has 14 nitrogen and oxygen atoms in total. The van der Waals surface area contributed by atoms with Crippen molar-refractivity contribution in [3.63, 3.8) is 0 Å². The van der Waals surface area contributed by atoms with Gasteiger partial charge in [0.2, 0.25) is 10.2 Å². The smallest absolute Gasteiger partial charge is 0.326 e. The van der Waals surface area contributed by atoms with Gasteiger partial charge in [0.1, 0.15) is 55.3 Å². The number of nitrogens with two attached hydrogens (primary N) is 1. The summed E-state index contributed by atoms with van der Waals surface area (Å²) in [7, 11) is -3.93. The third-order valence-electron chi connectivity index (χ3n) is 6.31. The van der Waals surface area contributed by atoms with Crippen LogP contribution in [0.4, 0.5) is 4.39 Å². The van der Waals surface area contributed by atoms with E-state index in [1.165, 1.54) is 10.9 Å². The second-order valence-corrected chi connectivity index (χ2v) is 13.0. The van der Waals surface area contributed by atoms with Crippen LogP contribution in [0.1, 0.15) is 31.1 Å². The van der Waals surface area contributed by atoms with Gasteiger partial charge < -0.3 is 25.0 Å². The number of sulfonamides is 1. The lowest BCUT2D eigenvalue weighted by molar-refractivity contribution is -0.142. The zero-order valence-electron chi connectivity index (χ0n) is 23.7. The zero-order valence-corrected chi connectivity index (χ0v) is 25.3. The lowest BCUT2D eigenvalue weighted by atomic mass is 10.0. The fourth-order valence-electron chi connectivity index (χ4n) is 4.15. The van der Waals surface area contributed by atoms with E-state index in [0.717, 1.165) is 11.3 Å². The average molecular weight is 651 g/mol. The van der Waals surface area contributed by atoms with Crippen LogP contribution in [0.2, 0.25) is 0 Å². The number of carboxylic acids is 1. The molecule has 5 N–H and O–H groups in total. The largest absolute Gasteiger partial charge is 0.491 e. The fourth-order valence-corrected chi connectivity index (χ4v) is 5.83. The Hall–Kier alpha value is -4.19. The summed E-state index contributed by atoms with van der Waals surface area (Å²) in [5.74, 6) is -1.27. The van der Waals surface area contributed by atoms with Crippen molar-refractivity contribution in [3.05, 3.63) is 59.9 Å². The minimum absolute atomic E-state index is 0.0109. The van der Waals surface area contributed by atoms with Crippen LogP contribution in [0, 0.1) is 5.92 Å². The molecule has 2 aromatic carbocycles. The quantitative estimate of drug-likeness (QED) is 0.146. The monoisotopic (exact) mass is 650 g/mol. The highest BCUT2D eigenvalue weighted by Gasteiger charge is 2.30. The number of aliphatic carboxylic acids is 1. The van der Waals surface area contributed by atoms with E-state index in [2.05, 4.69) is 20.6 Å². The van der Waals surface area contributed by atoms with E-state index in [9.17, 15) is 32.6 Å². The predicted octanol–water partition coefficient (Wildman–Crippen LogP) is 1.83. The molecule has 0 radical (unpaired) electrons. The summed E-state index contributed by atoms with van der Waals surface area (Å²) in [6.07, 6.45) is 0.278. The number of primary sulfonamides is 1. The highest BCUT2D eigenvalue weighted by atomic mass is 32.2. The van der Waals surface area contributed by atoms with Gasteiger partial charge in [-0.25, -0.2) is 32.4 Å². The maximum Gasteiger partial charge on any atom is 0.326 e. The van der Waals surface area contributed by atoms with Crippen LogP contribution in [0.5, 0.6) is 11.5 Å². The number of aliphatic hydroxyl groups excluding tert-OH is 1. The molecule has 0 spiro atoms. The highest BCUT2D eigenvalue weighted by Crippen LogP contribution is 2.28. The predicted molar refractivity (Wildman–Crippen MR) is 156 cm³/mol. The molecule has 0 saturated carbocycles. The van der Waals surface area contributed by atoms with E-state index in [4.69, 9.17) is 14.6 Å². The van der Waals surface area contributed by atoms with E-state index in [1.807, 2.05) is 0 Å². The first kappa shape index (κ1) is 32.7. The molecule has 0 bridgehead atoms. The molecule has 2 aromatic heterocycles. The van der Waals surface area contributed by atoms with E-state index in [1.54, 1.807) is 56.3 Å². The standard InChI is InChI=1S/C27H31FN6O8S2/c1-15(2)24(25(36)30-22(26(37)38)9-16-3-5-19(6-4-16)42-14-18(35)11-28)34-12-17(32-33-34)13-41-20-7-8-21-23(10-20)43-27(31-21)44(29,39)40/h3-8,10,12,15,18,22,24,35H,9,11,13-14H2,1-2H3,(H,30,36)(H,37,38)(H2,29,39,40)/t18?,22-,24?/m0/s1. The Kier molecular flexibility index (Phi) is 10.5. The Bertz CT molecular complexity index is 1710. The van der Waals surface area contributed by atoms with Gasteiger partial charge >= 0.3 is 5.97 Å². The molecule has 3 atom stereocenters. The van der Waals surface area contributed by atoms with Crippen molar-refractivity contribution >= 4 is 43.5 Å². The molecule has 44 heavy (non-hydrogen) atoms. The van der Waals surface area contributed by atoms with Crippen LogP contribution in [0.25, 0.3) is 10.2 Å². The van der Waals surface area contributed by atoms with Gasteiger partial charge in [0, 0.05) is 6.42 Å². The molecule has 0 saturated heterocycles. The number of amides is 1. The molecule has 1 amide bonds. The zero-order chi connectivity index (χ0) is 32.0. The van der Waals surface area contributed by atoms with Gasteiger partial charge in [0.15, 0.2) is 0 Å². The van der Waals surface area contributed by atoms with E-state index in [-0.39, 0.29) is 29.9 Å². The number of alkyl halides is 1. The van der Waals surface area contributed by atoms with Gasteiger partial charge in [-0.15, -0.1) is 16.4 Å². The maximum absolute atomic E-state index is 13.3. The minimum atomic E-state index is -3.93. The number of carboxylic acid groups (broad SMARTS) is 1. The number of nitrogens with one attached hydrogen (secondary N) is 1. The molecule has 4 rings (SSSR count). The number of aliphatic hydroxyl groups is 1. The van der Waals surface area contributed by atoms with Crippen LogP contribution < -0.4 is 19.9 Å². The number of nitrogens with zero attached hydrogens (tertiary/aromatic N) is 4. The molecule has 17 heteroatoms. The first-order valence-electron chi connectivity index (χ1n) is 13.3. The summed E-state index contributed by atoms with van der Waals surface area (Å²) in [6, 6.07) is 9.10. The van der Waals surface area contributed by atoms with Crippen molar-refractivity contribution in [1.29, 1.82) is 0 Å². The third-order valence-corrected chi connectivity index (χ3v) is 8.65. The molecule has 2 heterocycles. The molecule has 236 valence electrons. The van der Waals surface area contributed by atoms with Crippen molar-refractivity contribution < 1.29 is 42.1 Å². The van der Waals surface area contributed by atoms with Crippen LogP contribution in [-0.2, 0) is 32.6 Å². The molecule has 2 unspecified atom stereocenters. The van der Waals surface area contributed by atoms with Gasteiger partial charge in [0.05, 0.1) is 16.4 Å². The number of benzene rings is 2. The number of halogens is 1. The molecule has 0 fully saturated rings. The number of aromatic nitrogens is 4. The van der Waals surface area contributed by atoms with Gasteiger partial charge in [-0.2, -0.15) is 0 Å². The molecule has 0 aliphatic heterocycles. The van der Waals surface area contributed by atoms with Crippen molar-refractivity contribution in [2.24, 2.45) is 11.1 Å². The molecule has 0 aliphatic carbocycles. The number of rotatable bonds is 15. The number of fused-ring (bicyclic) bond motifs is 1. The van der Waals surface area contributed by atoms with Crippen LogP contribution >= 0.6 is 11.3 Å². The van der Waals surface area contributed by atoms with Gasteiger partial charge in [-0.05, 0) is 41.8 Å². The molecular formula is C27H31FN6O8S2. The van der Waals surface area contributed by atoms with E-state index >= 15 is 0 Å². The summed E-state index contributed by atoms with van der Waals surface area (Å²) in [6.45, 7) is 2.41. The lowest BCUT2D eigenvalue weighted by Gasteiger charge is -2.23. The Morgan fingerprint density at radius 1 is 1.14 bits per heavy atom. The van der Waals surface area contributed by atoms with Crippen molar-refractivity contribution in [1.82, 2.24) is 25.3 Å². The first-order valence-corrected chi connectivity index (χ1v) is 15.7. The number of carbonyl (C=O) groups is 2. The Balaban J connectivity index is 1.39. The summed E-state index contributed by atoms with van der Waals surface area (Å²) in [4.78, 5) is 29.3. The fraction of sp³-hybridized carbons (Fsp3) is 0.370. The second kappa shape index (κ2) is 14.1. The topological polar surface area (TPSA) is 209 Å². The van der Waals surface area contributed by atoms with Gasteiger partial charge in [-0.3, -0.25) is 4.79 Å². The third kappa shape index (κ3) is 8.46. The van der Waals surface area contributed by atoms with Crippen molar-refractivity contribution in [3.8, 4) is 11.5 Å². The lowest BCUT2D eigenvalue weighted by Crippen LogP contribution is -2.46. The first-order chi connectivity index (χ1) is 20.8. The van der Waals surface area contributed by atoms with Crippen molar-refractivity contribution in [2.75, 3.05) is 13.3 Å². The number of thiazole rings is 1. The highest BCUT2D eigenvalue weighted by molar-refractivity contribution is 7.91. The Labute approximate surface area is 255 Å². The van der Waals surface area contributed by atoms with Gasteiger partial charge in [0.25, 0.3) is 10.0 Å². The van der Waals surface area contributed by atoms with Crippen LogP contribution in [0.3, 0.4) is 0 Å². The Morgan fingerprint density at radius 2 is 1.84 bits per heavy atom. The van der Waals surface area contributed by atoms with Crippen molar-refractivity contribution in [2.45, 2.75) is 49.4 Å². The molecule has 0 aliphatic rings. The SMILES string of the molecule is CC(C)C(C(=O)N[C@@H](Cc1ccc(OCC(O)CF)cc1)C(=O)O)n1cc(COc2ccc3nc(S(N)(=O)=O)sc3c2)nn1. The average Bonchev–Trinajstić information content (AvgIpc) is 3.62. The number of hydrogen-bond acceptors (Lipinski definition) is 11. The van der Waals surface area contributed by atoms with Gasteiger partial charge in [-0.1, -0.05) is 31.2 Å². The maximum atomic E-state index is 13.3. The van der Waals surface area contributed by atoms with E-state index in [0.29, 0.717) is 33.0 Å².